The van der Waals surface area contributed by atoms with Crippen molar-refractivity contribution in [3.05, 3.63) is 77.9 Å². The first kappa shape index (κ1) is 14.6. The number of aromatic hydroxyl groups is 1. The van der Waals surface area contributed by atoms with Crippen molar-refractivity contribution in [3.8, 4) is 5.75 Å². The van der Waals surface area contributed by atoms with E-state index in [0.29, 0.717) is 5.75 Å². The molecular formula is C20H18OS. The molecule has 4 rings (SSSR count). The summed E-state index contributed by atoms with van der Waals surface area (Å²) in [5, 5.41) is 11.5. The van der Waals surface area contributed by atoms with Gasteiger partial charge in [0.1, 0.15) is 5.75 Å². The maximum Gasteiger partial charge on any atom is 0.115 e. The molecule has 0 aliphatic carbocycles. The van der Waals surface area contributed by atoms with E-state index in [2.05, 4.69) is 50.2 Å². The molecule has 3 aromatic carbocycles. The van der Waals surface area contributed by atoms with Crippen LogP contribution in [0.4, 0.5) is 0 Å². The highest BCUT2D eigenvalue weighted by atomic mass is 32.1. The van der Waals surface area contributed by atoms with Crippen LogP contribution in [0.2, 0.25) is 0 Å². The smallest absolute Gasteiger partial charge is 0.115 e. The molecule has 0 spiro atoms. The minimum absolute atomic E-state index is 0.322. The standard InChI is InChI=1S/C14H12S.C6H6O/c1-9-7-8-13-14(10(9)2)11-5-3-4-6-12(11)15-13;7-6-4-2-1-3-5-6/h3-8H,1-2H3;1-5,7H. The summed E-state index contributed by atoms with van der Waals surface area (Å²) in [5.41, 5.74) is 2.80. The predicted octanol–water partition coefficient (Wildman–Crippen LogP) is 6.06. The molecule has 0 saturated carbocycles. The summed E-state index contributed by atoms with van der Waals surface area (Å²) in [4.78, 5) is 0. The normalized spacial score (nSPS) is 10.5. The van der Waals surface area contributed by atoms with Crippen molar-refractivity contribution in [1.82, 2.24) is 0 Å². The van der Waals surface area contributed by atoms with E-state index in [-0.39, 0.29) is 0 Å². The first-order valence-electron chi connectivity index (χ1n) is 7.28. The summed E-state index contributed by atoms with van der Waals surface area (Å²) < 4.78 is 2.79. The number of benzene rings is 3. The molecule has 1 heterocycles. The van der Waals surface area contributed by atoms with E-state index < -0.39 is 0 Å². The predicted molar refractivity (Wildman–Crippen MR) is 96.9 cm³/mol. The van der Waals surface area contributed by atoms with Crippen LogP contribution in [-0.2, 0) is 0 Å². The molecule has 4 aromatic rings. The van der Waals surface area contributed by atoms with Gasteiger partial charge in [-0.1, -0.05) is 42.5 Å². The van der Waals surface area contributed by atoms with Crippen LogP contribution in [0.25, 0.3) is 20.2 Å². The molecule has 0 unspecified atom stereocenters. The molecule has 0 radical (unpaired) electrons. The van der Waals surface area contributed by atoms with Crippen LogP contribution in [0.5, 0.6) is 5.75 Å². The lowest BCUT2D eigenvalue weighted by molar-refractivity contribution is 0.475. The van der Waals surface area contributed by atoms with E-state index in [4.69, 9.17) is 5.11 Å². The second kappa shape index (κ2) is 6.20. The van der Waals surface area contributed by atoms with Gasteiger partial charge in [-0.3, -0.25) is 0 Å². The third-order valence-corrected chi connectivity index (χ3v) is 4.97. The fourth-order valence-electron chi connectivity index (χ4n) is 2.52. The summed E-state index contributed by atoms with van der Waals surface area (Å²) in [5.74, 6) is 0.322. The molecule has 0 saturated heterocycles. The number of hydrogen-bond donors (Lipinski definition) is 1. The van der Waals surface area contributed by atoms with E-state index in [9.17, 15) is 0 Å². The second-order valence-corrected chi connectivity index (χ2v) is 6.40. The minimum atomic E-state index is 0.322. The molecule has 110 valence electrons. The Labute approximate surface area is 134 Å². The summed E-state index contributed by atoms with van der Waals surface area (Å²) in [7, 11) is 0. The maximum atomic E-state index is 8.63. The molecule has 0 fully saturated rings. The molecule has 2 heteroatoms. The topological polar surface area (TPSA) is 20.2 Å². The van der Waals surface area contributed by atoms with Crippen molar-refractivity contribution in [3.63, 3.8) is 0 Å². The Hall–Kier alpha value is -2.32. The lowest BCUT2D eigenvalue weighted by Gasteiger charge is -2.01. The molecule has 1 aromatic heterocycles. The molecule has 0 atom stereocenters. The van der Waals surface area contributed by atoms with E-state index in [1.807, 2.05) is 17.4 Å². The molecule has 1 N–H and O–H groups in total. The van der Waals surface area contributed by atoms with Crippen LogP contribution in [0.15, 0.2) is 66.7 Å². The van der Waals surface area contributed by atoms with Crippen molar-refractivity contribution in [2.45, 2.75) is 13.8 Å². The molecule has 0 bridgehead atoms. The van der Waals surface area contributed by atoms with Crippen LogP contribution in [-0.4, -0.2) is 5.11 Å². The van der Waals surface area contributed by atoms with Crippen molar-refractivity contribution >= 4 is 31.5 Å². The van der Waals surface area contributed by atoms with Gasteiger partial charge in [0.25, 0.3) is 0 Å². The number of phenolic OH excluding ortho intramolecular Hbond substituents is 1. The van der Waals surface area contributed by atoms with Crippen molar-refractivity contribution in [2.24, 2.45) is 0 Å². The van der Waals surface area contributed by atoms with Crippen LogP contribution in [0.1, 0.15) is 11.1 Å². The van der Waals surface area contributed by atoms with Gasteiger partial charge in [-0.05, 0) is 49.2 Å². The average molecular weight is 306 g/mol. The zero-order chi connectivity index (χ0) is 15.5. The zero-order valence-corrected chi connectivity index (χ0v) is 13.5. The summed E-state index contributed by atoms with van der Waals surface area (Å²) in [6, 6.07) is 21.8. The number of hydrogen-bond acceptors (Lipinski definition) is 2. The lowest BCUT2D eigenvalue weighted by atomic mass is 10.0. The van der Waals surface area contributed by atoms with E-state index >= 15 is 0 Å². The Morgan fingerprint density at radius 2 is 1.41 bits per heavy atom. The fraction of sp³-hybridized carbons (Fsp3) is 0.100. The zero-order valence-electron chi connectivity index (χ0n) is 12.7. The molecule has 0 aliphatic heterocycles. The van der Waals surface area contributed by atoms with E-state index in [1.165, 1.54) is 31.3 Å². The first-order chi connectivity index (χ1) is 10.7. The number of rotatable bonds is 0. The van der Waals surface area contributed by atoms with Crippen molar-refractivity contribution in [2.75, 3.05) is 0 Å². The van der Waals surface area contributed by atoms with Crippen LogP contribution >= 0.6 is 11.3 Å². The van der Waals surface area contributed by atoms with Crippen molar-refractivity contribution < 1.29 is 5.11 Å². The monoisotopic (exact) mass is 306 g/mol. The third kappa shape index (κ3) is 2.83. The summed E-state index contributed by atoms with van der Waals surface area (Å²) >= 11 is 1.88. The molecule has 0 aliphatic rings. The van der Waals surface area contributed by atoms with Gasteiger partial charge in [0.05, 0.1) is 0 Å². The van der Waals surface area contributed by atoms with Crippen LogP contribution < -0.4 is 0 Å². The van der Waals surface area contributed by atoms with Crippen molar-refractivity contribution in [1.29, 1.82) is 0 Å². The lowest BCUT2D eigenvalue weighted by Crippen LogP contribution is -1.79. The summed E-state index contributed by atoms with van der Waals surface area (Å²) in [6.07, 6.45) is 0. The molecule has 0 amide bonds. The van der Waals surface area contributed by atoms with Gasteiger partial charge in [-0.25, -0.2) is 0 Å². The Morgan fingerprint density at radius 3 is 2.09 bits per heavy atom. The van der Waals surface area contributed by atoms with Gasteiger partial charge >= 0.3 is 0 Å². The highest BCUT2D eigenvalue weighted by molar-refractivity contribution is 7.25. The first-order valence-corrected chi connectivity index (χ1v) is 8.10. The highest BCUT2D eigenvalue weighted by Crippen LogP contribution is 2.36. The third-order valence-electron chi connectivity index (χ3n) is 3.83. The Balaban J connectivity index is 0.000000174. The largest absolute Gasteiger partial charge is 0.508 e. The second-order valence-electron chi connectivity index (χ2n) is 5.31. The van der Waals surface area contributed by atoms with Gasteiger partial charge in [0.15, 0.2) is 0 Å². The average Bonchev–Trinajstić information content (AvgIpc) is 2.91. The van der Waals surface area contributed by atoms with Gasteiger partial charge in [0, 0.05) is 20.2 Å². The summed E-state index contributed by atoms with van der Waals surface area (Å²) in [6.45, 7) is 4.40. The van der Waals surface area contributed by atoms with E-state index in [0.717, 1.165) is 0 Å². The molecule has 22 heavy (non-hydrogen) atoms. The molecular weight excluding hydrogens is 288 g/mol. The van der Waals surface area contributed by atoms with E-state index in [1.54, 1.807) is 24.3 Å². The van der Waals surface area contributed by atoms with Crippen LogP contribution in [0.3, 0.4) is 0 Å². The SMILES string of the molecule is Cc1ccc2sc3ccccc3c2c1C.Oc1ccccc1. The van der Waals surface area contributed by atoms with Crippen LogP contribution in [0, 0.1) is 13.8 Å². The Bertz CT molecular complexity index is 907. The minimum Gasteiger partial charge on any atom is -0.508 e. The quantitative estimate of drug-likeness (QED) is 0.418. The highest BCUT2D eigenvalue weighted by Gasteiger charge is 2.07. The number of aryl methyl sites for hydroxylation is 2. The molecule has 1 nitrogen and oxygen atoms in total. The van der Waals surface area contributed by atoms with Gasteiger partial charge in [-0.2, -0.15) is 0 Å². The maximum absolute atomic E-state index is 8.63. The number of thiophene rings is 1. The number of phenols is 1. The Morgan fingerprint density at radius 1 is 0.727 bits per heavy atom. The fourth-order valence-corrected chi connectivity index (χ4v) is 3.68. The van der Waals surface area contributed by atoms with Gasteiger partial charge < -0.3 is 5.11 Å². The van der Waals surface area contributed by atoms with Gasteiger partial charge in [-0.15, -0.1) is 11.3 Å². The Kier molecular flexibility index (Phi) is 4.12. The number of fused-ring (bicyclic) bond motifs is 3. The number of para-hydroxylation sites is 1. The van der Waals surface area contributed by atoms with Gasteiger partial charge in [0.2, 0.25) is 0 Å².